The maximum atomic E-state index is 12.5. The van der Waals surface area contributed by atoms with E-state index in [0.29, 0.717) is 12.1 Å². The van der Waals surface area contributed by atoms with Gasteiger partial charge in [0, 0.05) is 49.2 Å². The molecule has 0 fully saturated rings. The third-order valence-electron chi connectivity index (χ3n) is 3.91. The van der Waals surface area contributed by atoms with Gasteiger partial charge in [-0.25, -0.2) is 0 Å². The van der Waals surface area contributed by atoms with Crippen molar-refractivity contribution in [1.29, 1.82) is 0 Å². The molecule has 2 amide bonds. The lowest BCUT2D eigenvalue weighted by Crippen LogP contribution is -2.34. The number of benzene rings is 1. The number of likely N-dealkylation sites (N-methyl/N-ethyl adjacent to an activating group) is 1. The maximum absolute atomic E-state index is 12.5. The van der Waals surface area contributed by atoms with Crippen LogP contribution in [0.25, 0.3) is 10.9 Å². The highest BCUT2D eigenvalue weighted by atomic mass is 16.2. The second kappa shape index (κ2) is 8.67. The Morgan fingerprint density at radius 3 is 2.60 bits per heavy atom. The van der Waals surface area contributed by atoms with Crippen LogP contribution in [0.2, 0.25) is 0 Å². The second-order valence-corrected chi connectivity index (χ2v) is 6.78. The molecular formula is C19H28N4O2. The van der Waals surface area contributed by atoms with Crippen molar-refractivity contribution in [3.63, 3.8) is 0 Å². The summed E-state index contributed by atoms with van der Waals surface area (Å²) in [4.78, 5) is 26.3. The molecule has 0 unspecified atom stereocenters. The smallest absolute Gasteiger partial charge is 0.253 e. The van der Waals surface area contributed by atoms with Gasteiger partial charge in [0.15, 0.2) is 0 Å². The number of fused-ring (bicyclic) bond motifs is 1. The molecule has 1 aromatic heterocycles. The molecule has 25 heavy (non-hydrogen) atoms. The molecule has 2 N–H and O–H groups in total. The van der Waals surface area contributed by atoms with Gasteiger partial charge in [-0.15, -0.1) is 0 Å². The minimum atomic E-state index is -0.142. The number of carbonyl (C=O) groups is 2. The van der Waals surface area contributed by atoms with E-state index in [1.54, 1.807) is 0 Å². The van der Waals surface area contributed by atoms with Crippen LogP contribution in [0.3, 0.4) is 0 Å². The molecule has 1 aromatic carbocycles. The Labute approximate surface area is 149 Å². The summed E-state index contributed by atoms with van der Waals surface area (Å²) in [6.07, 6.45) is 2.18. The van der Waals surface area contributed by atoms with Crippen molar-refractivity contribution < 1.29 is 9.59 Å². The largest absolute Gasteiger partial charge is 0.354 e. The average molecular weight is 344 g/mol. The van der Waals surface area contributed by atoms with Gasteiger partial charge in [-0.2, -0.15) is 0 Å². The summed E-state index contributed by atoms with van der Waals surface area (Å²) in [5.74, 6) is -0.194. The quantitative estimate of drug-likeness (QED) is 0.768. The number of carbonyl (C=O) groups excluding carboxylic acids is 2. The minimum Gasteiger partial charge on any atom is -0.354 e. The molecule has 0 radical (unpaired) electrons. The second-order valence-electron chi connectivity index (χ2n) is 6.78. The zero-order chi connectivity index (χ0) is 18.4. The van der Waals surface area contributed by atoms with E-state index in [0.717, 1.165) is 24.0 Å². The van der Waals surface area contributed by atoms with Crippen molar-refractivity contribution >= 4 is 22.7 Å². The Balaban J connectivity index is 2.06. The Morgan fingerprint density at radius 2 is 1.92 bits per heavy atom. The number of hydrogen-bond acceptors (Lipinski definition) is 3. The van der Waals surface area contributed by atoms with Crippen LogP contribution in [-0.4, -0.2) is 54.5 Å². The molecule has 136 valence electrons. The number of rotatable bonds is 8. The van der Waals surface area contributed by atoms with E-state index in [-0.39, 0.29) is 24.3 Å². The molecule has 0 bridgehead atoms. The molecule has 1 heterocycles. The van der Waals surface area contributed by atoms with Gasteiger partial charge in [0.1, 0.15) is 0 Å². The average Bonchev–Trinajstić information content (AvgIpc) is 2.91. The maximum Gasteiger partial charge on any atom is 0.253 e. The molecule has 0 aliphatic carbocycles. The number of nitrogens with one attached hydrogen (secondary N) is 2. The van der Waals surface area contributed by atoms with Gasteiger partial charge in [0.05, 0.1) is 5.56 Å². The van der Waals surface area contributed by atoms with E-state index in [9.17, 15) is 9.59 Å². The Bertz CT molecular complexity index is 734. The monoisotopic (exact) mass is 344 g/mol. The van der Waals surface area contributed by atoms with Crippen LogP contribution in [0.5, 0.6) is 0 Å². The van der Waals surface area contributed by atoms with Crippen molar-refractivity contribution in [2.75, 3.05) is 27.2 Å². The van der Waals surface area contributed by atoms with E-state index < -0.39 is 0 Å². The van der Waals surface area contributed by atoms with Crippen molar-refractivity contribution in [1.82, 2.24) is 20.1 Å². The molecule has 2 rings (SSSR count). The van der Waals surface area contributed by atoms with Crippen LogP contribution in [0.4, 0.5) is 0 Å². The fourth-order valence-electron chi connectivity index (χ4n) is 2.70. The van der Waals surface area contributed by atoms with Gasteiger partial charge in [-0.05, 0) is 34.0 Å². The summed E-state index contributed by atoms with van der Waals surface area (Å²) < 4.78 is 2.11. The van der Waals surface area contributed by atoms with Crippen LogP contribution < -0.4 is 10.6 Å². The topological polar surface area (TPSA) is 66.4 Å². The van der Waals surface area contributed by atoms with Crippen molar-refractivity contribution in [2.24, 2.45) is 0 Å². The normalized spacial score (nSPS) is 11.3. The van der Waals surface area contributed by atoms with Crippen LogP contribution >= 0.6 is 0 Å². The Hall–Kier alpha value is -2.34. The summed E-state index contributed by atoms with van der Waals surface area (Å²) in [5, 5.41) is 6.60. The van der Waals surface area contributed by atoms with Gasteiger partial charge in [-0.1, -0.05) is 18.2 Å². The first-order valence-electron chi connectivity index (χ1n) is 8.68. The fraction of sp³-hybridized carbons (Fsp3) is 0.474. The molecule has 0 spiro atoms. The highest BCUT2D eigenvalue weighted by molar-refractivity contribution is 6.07. The number of para-hydroxylation sites is 1. The summed E-state index contributed by atoms with van der Waals surface area (Å²) >= 11 is 0. The van der Waals surface area contributed by atoms with Crippen LogP contribution in [0, 0.1) is 0 Å². The van der Waals surface area contributed by atoms with Crippen LogP contribution in [0.1, 0.15) is 30.6 Å². The first-order chi connectivity index (χ1) is 11.9. The first-order valence-corrected chi connectivity index (χ1v) is 8.68. The molecule has 6 heteroatoms. The van der Waals surface area contributed by atoms with E-state index in [4.69, 9.17) is 0 Å². The van der Waals surface area contributed by atoms with E-state index in [1.165, 1.54) is 0 Å². The predicted octanol–water partition coefficient (Wildman–Crippen LogP) is 1.85. The van der Waals surface area contributed by atoms with Gasteiger partial charge in [0.25, 0.3) is 5.91 Å². The van der Waals surface area contributed by atoms with E-state index >= 15 is 0 Å². The zero-order valence-corrected chi connectivity index (χ0v) is 15.5. The van der Waals surface area contributed by atoms with Crippen molar-refractivity contribution in [2.45, 2.75) is 32.9 Å². The van der Waals surface area contributed by atoms with Crippen LogP contribution in [-0.2, 0) is 11.3 Å². The number of aromatic nitrogens is 1. The molecule has 0 saturated heterocycles. The number of amides is 2. The summed E-state index contributed by atoms with van der Waals surface area (Å²) in [5.41, 5.74) is 1.70. The van der Waals surface area contributed by atoms with Gasteiger partial charge in [0.2, 0.25) is 5.91 Å². The molecule has 2 aromatic rings. The molecule has 0 aliphatic heterocycles. The summed E-state index contributed by atoms with van der Waals surface area (Å²) in [7, 11) is 4.06. The van der Waals surface area contributed by atoms with E-state index in [1.807, 2.05) is 58.4 Å². The number of hydrogen-bond donors (Lipinski definition) is 2. The standard InChI is InChI=1S/C19H28N4O2/c1-14(2)21-18(24)9-10-20-19(25)16-13-23(12-11-22(3)4)17-8-6-5-7-15(16)17/h5-8,13-14H,9-12H2,1-4H3,(H,20,25)(H,21,24). The first kappa shape index (κ1) is 19.0. The highest BCUT2D eigenvalue weighted by Gasteiger charge is 2.15. The number of nitrogens with zero attached hydrogens (tertiary/aromatic N) is 2. The summed E-state index contributed by atoms with van der Waals surface area (Å²) in [6, 6.07) is 8.01. The lowest BCUT2D eigenvalue weighted by atomic mass is 10.1. The van der Waals surface area contributed by atoms with Crippen molar-refractivity contribution in [3.8, 4) is 0 Å². The lowest BCUT2D eigenvalue weighted by Gasteiger charge is -2.10. The van der Waals surface area contributed by atoms with Gasteiger partial charge in [-0.3, -0.25) is 9.59 Å². The Morgan fingerprint density at radius 1 is 1.20 bits per heavy atom. The molecular weight excluding hydrogens is 316 g/mol. The fourth-order valence-corrected chi connectivity index (χ4v) is 2.70. The Kier molecular flexibility index (Phi) is 6.58. The van der Waals surface area contributed by atoms with Gasteiger partial charge >= 0.3 is 0 Å². The highest BCUT2D eigenvalue weighted by Crippen LogP contribution is 2.21. The minimum absolute atomic E-state index is 0.0521. The molecule has 0 atom stereocenters. The van der Waals surface area contributed by atoms with Crippen molar-refractivity contribution in [3.05, 3.63) is 36.0 Å². The SMILES string of the molecule is CC(C)NC(=O)CCNC(=O)c1cn(CCN(C)C)c2ccccc12. The third kappa shape index (κ3) is 5.32. The predicted molar refractivity (Wildman–Crippen MR) is 101 cm³/mol. The van der Waals surface area contributed by atoms with Crippen LogP contribution in [0.15, 0.2) is 30.5 Å². The molecule has 0 aliphatic rings. The van der Waals surface area contributed by atoms with Gasteiger partial charge < -0.3 is 20.1 Å². The molecule has 0 saturated carbocycles. The summed E-state index contributed by atoms with van der Waals surface area (Å²) in [6.45, 7) is 5.87. The van der Waals surface area contributed by atoms with E-state index in [2.05, 4.69) is 20.1 Å². The third-order valence-corrected chi connectivity index (χ3v) is 3.91. The lowest BCUT2D eigenvalue weighted by molar-refractivity contribution is -0.121. The zero-order valence-electron chi connectivity index (χ0n) is 15.5. The molecule has 6 nitrogen and oxygen atoms in total.